The molecule has 0 radical (unpaired) electrons. The lowest BCUT2D eigenvalue weighted by atomic mass is 10.2. The third-order valence-corrected chi connectivity index (χ3v) is 2.84. The molecule has 0 bridgehead atoms. The van der Waals surface area contributed by atoms with Gasteiger partial charge < -0.3 is 15.8 Å². The van der Waals surface area contributed by atoms with Gasteiger partial charge in [-0.1, -0.05) is 0 Å². The molecule has 2 rings (SSSR count). The molecule has 1 aliphatic carbocycles. The molecular weight excluding hydrogens is 202 g/mol. The molecule has 1 aromatic heterocycles. The summed E-state index contributed by atoms with van der Waals surface area (Å²) >= 11 is 0. The third kappa shape index (κ3) is 2.64. The first-order valence-electron chi connectivity index (χ1n) is 5.89. The molecule has 1 heterocycles. The standard InChI is InChI=1S/C12H19N3O/c1-2-16-11-4-3-7-14-12(11)15-10(8-13)9-5-6-9/h3-4,7,9-10H,2,5-6,8,13H2,1H3,(H,14,15). The van der Waals surface area contributed by atoms with Crippen LogP contribution in [0.3, 0.4) is 0 Å². The Balaban J connectivity index is 2.06. The predicted octanol–water partition coefficient (Wildman–Crippen LogP) is 1.63. The van der Waals surface area contributed by atoms with Gasteiger partial charge >= 0.3 is 0 Å². The number of hydrogen-bond donors (Lipinski definition) is 2. The molecule has 1 unspecified atom stereocenters. The van der Waals surface area contributed by atoms with E-state index in [0.717, 1.165) is 11.6 Å². The van der Waals surface area contributed by atoms with Crippen molar-refractivity contribution in [2.24, 2.45) is 11.7 Å². The minimum absolute atomic E-state index is 0.328. The molecule has 0 aromatic carbocycles. The van der Waals surface area contributed by atoms with Crippen LogP contribution in [-0.2, 0) is 0 Å². The number of pyridine rings is 1. The fourth-order valence-corrected chi connectivity index (χ4v) is 1.81. The van der Waals surface area contributed by atoms with E-state index < -0.39 is 0 Å². The summed E-state index contributed by atoms with van der Waals surface area (Å²) in [5.74, 6) is 2.33. The Morgan fingerprint density at radius 1 is 1.62 bits per heavy atom. The summed E-state index contributed by atoms with van der Waals surface area (Å²) < 4.78 is 5.52. The topological polar surface area (TPSA) is 60.2 Å². The average Bonchev–Trinajstić information content (AvgIpc) is 3.12. The first-order valence-corrected chi connectivity index (χ1v) is 5.89. The van der Waals surface area contributed by atoms with Crippen molar-refractivity contribution in [2.75, 3.05) is 18.5 Å². The zero-order chi connectivity index (χ0) is 11.4. The lowest BCUT2D eigenvalue weighted by Crippen LogP contribution is -2.31. The number of rotatable bonds is 6. The summed E-state index contributed by atoms with van der Waals surface area (Å²) in [7, 11) is 0. The Hall–Kier alpha value is -1.29. The lowest BCUT2D eigenvalue weighted by Gasteiger charge is -2.18. The Morgan fingerprint density at radius 3 is 3.06 bits per heavy atom. The summed E-state index contributed by atoms with van der Waals surface area (Å²) in [6, 6.07) is 4.14. The molecule has 0 aliphatic heterocycles. The lowest BCUT2D eigenvalue weighted by molar-refractivity contribution is 0.340. The molecule has 4 nitrogen and oxygen atoms in total. The van der Waals surface area contributed by atoms with Gasteiger partial charge in [-0.05, 0) is 37.8 Å². The van der Waals surface area contributed by atoms with Crippen molar-refractivity contribution in [3.05, 3.63) is 18.3 Å². The largest absolute Gasteiger partial charge is 0.490 e. The Morgan fingerprint density at radius 2 is 2.44 bits per heavy atom. The molecule has 4 heteroatoms. The average molecular weight is 221 g/mol. The van der Waals surface area contributed by atoms with Gasteiger partial charge in [-0.15, -0.1) is 0 Å². The Kier molecular flexibility index (Phi) is 3.62. The van der Waals surface area contributed by atoms with Crippen molar-refractivity contribution in [3.8, 4) is 5.75 Å². The SMILES string of the molecule is CCOc1cccnc1NC(CN)C1CC1. The van der Waals surface area contributed by atoms with Crippen LogP contribution < -0.4 is 15.8 Å². The second kappa shape index (κ2) is 5.16. The van der Waals surface area contributed by atoms with Gasteiger partial charge in [-0.25, -0.2) is 4.98 Å². The molecule has 0 spiro atoms. The smallest absolute Gasteiger partial charge is 0.169 e. The zero-order valence-corrected chi connectivity index (χ0v) is 9.65. The number of nitrogens with zero attached hydrogens (tertiary/aromatic N) is 1. The fraction of sp³-hybridized carbons (Fsp3) is 0.583. The first-order chi connectivity index (χ1) is 7.85. The minimum Gasteiger partial charge on any atom is -0.490 e. The van der Waals surface area contributed by atoms with E-state index in [2.05, 4.69) is 10.3 Å². The highest BCUT2D eigenvalue weighted by atomic mass is 16.5. The van der Waals surface area contributed by atoms with Crippen molar-refractivity contribution in [1.29, 1.82) is 0 Å². The van der Waals surface area contributed by atoms with Crippen LogP contribution in [-0.4, -0.2) is 24.2 Å². The van der Waals surface area contributed by atoms with Crippen LogP contribution >= 0.6 is 0 Å². The van der Waals surface area contributed by atoms with Gasteiger partial charge in [0.25, 0.3) is 0 Å². The van der Waals surface area contributed by atoms with Gasteiger partial charge in [0.1, 0.15) is 0 Å². The number of ether oxygens (including phenoxy) is 1. The molecule has 1 atom stereocenters. The van der Waals surface area contributed by atoms with E-state index in [9.17, 15) is 0 Å². The molecule has 1 aromatic rings. The quantitative estimate of drug-likeness (QED) is 0.766. The summed E-state index contributed by atoms with van der Waals surface area (Å²) in [6.07, 6.45) is 4.31. The second-order valence-electron chi connectivity index (χ2n) is 4.11. The minimum atomic E-state index is 0.328. The summed E-state index contributed by atoms with van der Waals surface area (Å²) in [5.41, 5.74) is 5.75. The van der Waals surface area contributed by atoms with Crippen LogP contribution in [0, 0.1) is 5.92 Å². The van der Waals surface area contributed by atoms with Crippen molar-refractivity contribution in [3.63, 3.8) is 0 Å². The number of nitrogens with two attached hydrogens (primary N) is 1. The van der Waals surface area contributed by atoms with Gasteiger partial charge in [-0.3, -0.25) is 0 Å². The normalized spacial score (nSPS) is 16.9. The van der Waals surface area contributed by atoms with Crippen LogP contribution in [0.4, 0.5) is 5.82 Å². The van der Waals surface area contributed by atoms with Crippen LogP contribution in [0.2, 0.25) is 0 Å². The first kappa shape index (κ1) is 11.2. The van der Waals surface area contributed by atoms with Crippen LogP contribution in [0.5, 0.6) is 5.75 Å². The maximum absolute atomic E-state index is 5.75. The second-order valence-corrected chi connectivity index (χ2v) is 4.11. The van der Waals surface area contributed by atoms with E-state index in [4.69, 9.17) is 10.5 Å². The summed E-state index contributed by atoms with van der Waals surface area (Å²) in [4.78, 5) is 4.30. The van der Waals surface area contributed by atoms with E-state index in [1.807, 2.05) is 19.1 Å². The van der Waals surface area contributed by atoms with E-state index in [1.165, 1.54) is 12.8 Å². The van der Waals surface area contributed by atoms with Crippen molar-refractivity contribution >= 4 is 5.82 Å². The van der Waals surface area contributed by atoms with Crippen LogP contribution in [0.1, 0.15) is 19.8 Å². The van der Waals surface area contributed by atoms with Gasteiger partial charge in [0.05, 0.1) is 6.61 Å². The van der Waals surface area contributed by atoms with Crippen molar-refractivity contribution < 1.29 is 4.74 Å². The maximum Gasteiger partial charge on any atom is 0.169 e. The molecule has 1 fully saturated rings. The molecular formula is C12H19N3O. The highest BCUT2D eigenvalue weighted by Crippen LogP contribution is 2.34. The zero-order valence-electron chi connectivity index (χ0n) is 9.65. The van der Waals surface area contributed by atoms with E-state index in [1.54, 1.807) is 6.20 Å². The summed E-state index contributed by atoms with van der Waals surface area (Å²) in [5, 5.41) is 3.38. The highest BCUT2D eigenvalue weighted by Gasteiger charge is 2.30. The van der Waals surface area contributed by atoms with Gasteiger partial charge in [0, 0.05) is 18.8 Å². The Bertz CT molecular complexity index is 339. The monoisotopic (exact) mass is 221 g/mol. The van der Waals surface area contributed by atoms with Crippen LogP contribution in [0.25, 0.3) is 0 Å². The van der Waals surface area contributed by atoms with Crippen molar-refractivity contribution in [2.45, 2.75) is 25.8 Å². The fourth-order valence-electron chi connectivity index (χ4n) is 1.81. The van der Waals surface area contributed by atoms with E-state index in [0.29, 0.717) is 25.1 Å². The highest BCUT2D eigenvalue weighted by molar-refractivity contribution is 5.50. The number of anilines is 1. The van der Waals surface area contributed by atoms with Crippen molar-refractivity contribution in [1.82, 2.24) is 4.98 Å². The van der Waals surface area contributed by atoms with E-state index in [-0.39, 0.29) is 0 Å². The maximum atomic E-state index is 5.75. The third-order valence-electron chi connectivity index (χ3n) is 2.84. The molecule has 3 N–H and O–H groups in total. The van der Waals surface area contributed by atoms with Gasteiger partial charge in [-0.2, -0.15) is 0 Å². The van der Waals surface area contributed by atoms with E-state index >= 15 is 0 Å². The molecule has 88 valence electrons. The number of aromatic nitrogens is 1. The van der Waals surface area contributed by atoms with Gasteiger partial charge in [0.15, 0.2) is 11.6 Å². The van der Waals surface area contributed by atoms with Gasteiger partial charge in [0.2, 0.25) is 0 Å². The predicted molar refractivity (Wildman–Crippen MR) is 64.6 cm³/mol. The number of nitrogens with one attached hydrogen (secondary N) is 1. The summed E-state index contributed by atoms with van der Waals surface area (Å²) in [6.45, 7) is 3.27. The molecule has 1 saturated carbocycles. The molecule has 0 amide bonds. The molecule has 1 aliphatic rings. The molecule has 0 saturated heterocycles. The molecule has 16 heavy (non-hydrogen) atoms. The Labute approximate surface area is 96.2 Å². The number of hydrogen-bond acceptors (Lipinski definition) is 4. The van der Waals surface area contributed by atoms with Crippen LogP contribution in [0.15, 0.2) is 18.3 Å².